The first-order chi connectivity index (χ1) is 11.2. The highest BCUT2D eigenvalue weighted by Gasteiger charge is 2.11. The van der Waals surface area contributed by atoms with E-state index in [0.717, 1.165) is 17.9 Å². The monoisotopic (exact) mass is 344 g/mol. The average molecular weight is 345 g/mol. The van der Waals surface area contributed by atoms with Crippen LogP contribution >= 0.6 is 23.2 Å². The lowest BCUT2D eigenvalue weighted by Gasteiger charge is -2.16. The van der Waals surface area contributed by atoms with E-state index in [1.54, 1.807) is 6.07 Å². The molecule has 0 saturated carbocycles. The SMILES string of the molecule is CC(NCc1cccn1-c1cccc(Cl)c1Cl)c1ccccc1. The quantitative estimate of drug-likeness (QED) is 0.634. The minimum absolute atomic E-state index is 0.273. The number of nitrogens with one attached hydrogen (secondary N) is 1. The summed E-state index contributed by atoms with van der Waals surface area (Å²) in [5.41, 5.74) is 3.30. The molecule has 0 spiro atoms. The van der Waals surface area contributed by atoms with Gasteiger partial charge in [-0.2, -0.15) is 0 Å². The second kappa shape index (κ2) is 7.22. The number of benzene rings is 2. The van der Waals surface area contributed by atoms with E-state index in [0.29, 0.717) is 10.0 Å². The van der Waals surface area contributed by atoms with Gasteiger partial charge in [-0.1, -0.05) is 59.6 Å². The largest absolute Gasteiger partial charge is 0.318 e. The highest BCUT2D eigenvalue weighted by molar-refractivity contribution is 6.43. The van der Waals surface area contributed by atoms with E-state index in [1.807, 2.05) is 30.5 Å². The Bertz CT molecular complexity index is 781. The van der Waals surface area contributed by atoms with E-state index < -0.39 is 0 Å². The fourth-order valence-corrected chi connectivity index (χ4v) is 2.98. The Morgan fingerprint density at radius 2 is 1.74 bits per heavy atom. The van der Waals surface area contributed by atoms with E-state index in [2.05, 4.69) is 47.1 Å². The van der Waals surface area contributed by atoms with Gasteiger partial charge in [0.2, 0.25) is 0 Å². The van der Waals surface area contributed by atoms with Crippen LogP contribution < -0.4 is 5.32 Å². The summed E-state index contributed by atoms with van der Waals surface area (Å²) in [7, 11) is 0. The van der Waals surface area contributed by atoms with Crippen LogP contribution in [-0.2, 0) is 6.54 Å². The van der Waals surface area contributed by atoms with E-state index in [4.69, 9.17) is 23.2 Å². The fourth-order valence-electron chi connectivity index (χ4n) is 2.59. The molecule has 0 amide bonds. The number of aromatic nitrogens is 1. The van der Waals surface area contributed by atoms with Gasteiger partial charge >= 0.3 is 0 Å². The summed E-state index contributed by atoms with van der Waals surface area (Å²) in [4.78, 5) is 0. The Hall–Kier alpha value is -1.74. The van der Waals surface area contributed by atoms with Crippen molar-refractivity contribution in [1.29, 1.82) is 0 Å². The summed E-state index contributed by atoms with van der Waals surface area (Å²) in [5.74, 6) is 0. The number of hydrogen-bond donors (Lipinski definition) is 1. The number of nitrogens with zero attached hydrogens (tertiary/aromatic N) is 1. The van der Waals surface area contributed by atoms with Crippen LogP contribution in [0.3, 0.4) is 0 Å². The first kappa shape index (κ1) is 16.1. The van der Waals surface area contributed by atoms with Gasteiger partial charge in [0.1, 0.15) is 0 Å². The molecule has 0 saturated heterocycles. The van der Waals surface area contributed by atoms with Crippen LogP contribution in [0.5, 0.6) is 0 Å². The zero-order chi connectivity index (χ0) is 16.2. The molecular formula is C19H18Cl2N2. The molecule has 1 N–H and O–H groups in total. The van der Waals surface area contributed by atoms with Gasteiger partial charge in [0.25, 0.3) is 0 Å². The maximum absolute atomic E-state index is 6.34. The lowest BCUT2D eigenvalue weighted by Crippen LogP contribution is -2.19. The average Bonchev–Trinajstić information content (AvgIpc) is 3.04. The van der Waals surface area contributed by atoms with Gasteiger partial charge in [-0.15, -0.1) is 0 Å². The molecule has 3 rings (SSSR count). The van der Waals surface area contributed by atoms with Crippen molar-refractivity contribution >= 4 is 23.2 Å². The number of rotatable bonds is 5. The Kier molecular flexibility index (Phi) is 5.06. The molecular weight excluding hydrogens is 327 g/mol. The van der Waals surface area contributed by atoms with Gasteiger partial charge < -0.3 is 9.88 Å². The maximum atomic E-state index is 6.34. The lowest BCUT2D eigenvalue weighted by molar-refractivity contribution is 0.563. The normalized spacial score (nSPS) is 12.3. The van der Waals surface area contributed by atoms with E-state index in [-0.39, 0.29) is 6.04 Å². The summed E-state index contributed by atoms with van der Waals surface area (Å²) < 4.78 is 2.07. The fraction of sp³-hybridized carbons (Fsp3) is 0.158. The molecule has 2 nitrogen and oxygen atoms in total. The molecule has 2 aromatic carbocycles. The molecule has 1 atom stereocenters. The smallest absolute Gasteiger partial charge is 0.0832 e. The Balaban J connectivity index is 1.78. The third-order valence-electron chi connectivity index (χ3n) is 3.91. The molecule has 23 heavy (non-hydrogen) atoms. The lowest BCUT2D eigenvalue weighted by atomic mass is 10.1. The van der Waals surface area contributed by atoms with E-state index in [9.17, 15) is 0 Å². The molecule has 118 valence electrons. The van der Waals surface area contributed by atoms with Gasteiger partial charge in [0.05, 0.1) is 15.7 Å². The number of halogens is 2. The Labute approximate surface area is 146 Å². The van der Waals surface area contributed by atoms with Crippen LogP contribution in [-0.4, -0.2) is 4.57 Å². The van der Waals surface area contributed by atoms with Gasteiger partial charge in [-0.25, -0.2) is 0 Å². The summed E-state index contributed by atoms with van der Waals surface area (Å²) in [6, 6.07) is 20.5. The highest BCUT2D eigenvalue weighted by Crippen LogP contribution is 2.29. The second-order valence-electron chi connectivity index (χ2n) is 5.46. The molecule has 0 bridgehead atoms. The molecule has 1 aromatic heterocycles. The van der Waals surface area contributed by atoms with Crippen LogP contribution in [0.4, 0.5) is 0 Å². The molecule has 0 aliphatic rings. The van der Waals surface area contributed by atoms with Crippen LogP contribution in [0.2, 0.25) is 10.0 Å². The zero-order valence-corrected chi connectivity index (χ0v) is 14.4. The summed E-state index contributed by atoms with van der Waals surface area (Å²) in [6.07, 6.45) is 2.00. The molecule has 0 aliphatic heterocycles. The first-order valence-electron chi connectivity index (χ1n) is 7.56. The van der Waals surface area contributed by atoms with Crippen LogP contribution in [0, 0.1) is 0 Å². The van der Waals surface area contributed by atoms with Gasteiger partial charge in [0.15, 0.2) is 0 Å². The van der Waals surface area contributed by atoms with Crippen molar-refractivity contribution in [2.75, 3.05) is 0 Å². The van der Waals surface area contributed by atoms with Crippen molar-refractivity contribution in [3.05, 3.63) is 88.2 Å². The molecule has 0 aliphatic carbocycles. The standard InChI is InChI=1S/C19H18Cl2N2/c1-14(15-7-3-2-4-8-15)22-13-16-9-6-12-23(16)18-11-5-10-17(20)19(18)21/h2-12,14,22H,13H2,1H3. The third kappa shape index (κ3) is 3.61. The molecule has 3 aromatic rings. The second-order valence-corrected chi connectivity index (χ2v) is 6.24. The van der Waals surface area contributed by atoms with E-state index >= 15 is 0 Å². The Morgan fingerprint density at radius 1 is 0.957 bits per heavy atom. The van der Waals surface area contributed by atoms with Crippen molar-refractivity contribution in [2.24, 2.45) is 0 Å². The molecule has 0 fully saturated rings. The predicted molar refractivity (Wildman–Crippen MR) is 97.5 cm³/mol. The van der Waals surface area contributed by atoms with Crippen molar-refractivity contribution in [3.8, 4) is 5.69 Å². The predicted octanol–water partition coefficient (Wildman–Crippen LogP) is 5.63. The summed E-state index contributed by atoms with van der Waals surface area (Å²) >= 11 is 12.5. The molecule has 0 radical (unpaired) electrons. The summed E-state index contributed by atoms with van der Waals surface area (Å²) in [5, 5.41) is 4.68. The van der Waals surface area contributed by atoms with Crippen molar-refractivity contribution in [2.45, 2.75) is 19.5 Å². The van der Waals surface area contributed by atoms with Crippen LogP contribution in [0.1, 0.15) is 24.2 Å². The molecule has 1 heterocycles. The van der Waals surface area contributed by atoms with Crippen LogP contribution in [0.15, 0.2) is 66.9 Å². The van der Waals surface area contributed by atoms with Crippen molar-refractivity contribution in [3.63, 3.8) is 0 Å². The van der Waals surface area contributed by atoms with Gasteiger partial charge in [-0.3, -0.25) is 0 Å². The van der Waals surface area contributed by atoms with E-state index in [1.165, 1.54) is 5.56 Å². The minimum atomic E-state index is 0.273. The third-order valence-corrected chi connectivity index (χ3v) is 4.72. The van der Waals surface area contributed by atoms with Gasteiger partial charge in [-0.05, 0) is 36.8 Å². The summed E-state index contributed by atoms with van der Waals surface area (Å²) in [6.45, 7) is 2.90. The minimum Gasteiger partial charge on any atom is -0.318 e. The molecule has 1 unspecified atom stereocenters. The van der Waals surface area contributed by atoms with Gasteiger partial charge in [0, 0.05) is 24.5 Å². The van der Waals surface area contributed by atoms with Crippen LogP contribution in [0.25, 0.3) is 5.69 Å². The number of hydrogen-bond acceptors (Lipinski definition) is 1. The van der Waals surface area contributed by atoms with Crippen molar-refractivity contribution < 1.29 is 0 Å². The Morgan fingerprint density at radius 3 is 2.52 bits per heavy atom. The topological polar surface area (TPSA) is 17.0 Å². The highest BCUT2D eigenvalue weighted by atomic mass is 35.5. The van der Waals surface area contributed by atoms with Crippen molar-refractivity contribution in [1.82, 2.24) is 9.88 Å². The maximum Gasteiger partial charge on any atom is 0.0832 e. The molecule has 4 heteroatoms. The first-order valence-corrected chi connectivity index (χ1v) is 8.31. The zero-order valence-electron chi connectivity index (χ0n) is 12.8.